The van der Waals surface area contributed by atoms with E-state index in [4.69, 9.17) is 4.74 Å². The van der Waals surface area contributed by atoms with E-state index in [1.165, 1.54) is 0 Å². The van der Waals surface area contributed by atoms with Crippen LogP contribution in [-0.4, -0.2) is 25.6 Å². The molecule has 0 aliphatic carbocycles. The molecule has 0 aromatic heterocycles. The first-order valence-corrected chi connectivity index (χ1v) is 5.06. The molecule has 0 amide bonds. The van der Waals surface area contributed by atoms with Crippen molar-refractivity contribution in [2.24, 2.45) is 0 Å². The van der Waals surface area contributed by atoms with E-state index < -0.39 is 12.3 Å². The third kappa shape index (κ3) is 8.16. The summed E-state index contributed by atoms with van der Waals surface area (Å²) in [5, 5.41) is 0. The van der Waals surface area contributed by atoms with Crippen LogP contribution in [0.15, 0.2) is 0 Å². The normalized spacial score (nSPS) is 15.7. The molecule has 0 fully saturated rings. The third-order valence-electron chi connectivity index (χ3n) is 1.80. The van der Waals surface area contributed by atoms with Crippen LogP contribution in [-0.2, 0) is 4.74 Å². The quantitative estimate of drug-likeness (QED) is 0.576. The molecule has 3 heteroatoms. The van der Waals surface area contributed by atoms with Crippen LogP contribution >= 0.6 is 0 Å². The van der Waals surface area contributed by atoms with Gasteiger partial charge in [-0.3, -0.25) is 0 Å². The van der Waals surface area contributed by atoms with E-state index >= 15 is 0 Å². The summed E-state index contributed by atoms with van der Waals surface area (Å²) >= 11 is 0. The Labute approximate surface area is 79.5 Å². The Morgan fingerprint density at radius 2 is 1.31 bits per heavy atom. The Hall–Kier alpha value is -0.180. The summed E-state index contributed by atoms with van der Waals surface area (Å²) in [5.41, 5.74) is 0. The van der Waals surface area contributed by atoms with Crippen LogP contribution in [0.25, 0.3) is 0 Å². The predicted octanol–water partition coefficient (Wildman–Crippen LogP) is 3.28. The second kappa shape index (κ2) is 8.42. The van der Waals surface area contributed by atoms with Crippen molar-refractivity contribution in [1.29, 1.82) is 0 Å². The molecule has 0 rings (SSSR count). The van der Waals surface area contributed by atoms with Gasteiger partial charge >= 0.3 is 0 Å². The molecule has 13 heavy (non-hydrogen) atoms. The largest absolute Gasteiger partial charge is 0.375 e. The van der Waals surface area contributed by atoms with E-state index in [1.807, 2.05) is 13.8 Å². The highest BCUT2D eigenvalue weighted by molar-refractivity contribution is 4.56. The summed E-state index contributed by atoms with van der Waals surface area (Å²) in [6.45, 7) is 3.92. The molecular formula is C10H20F2O. The average molecular weight is 194 g/mol. The van der Waals surface area contributed by atoms with Gasteiger partial charge in [0.2, 0.25) is 0 Å². The SMILES string of the molecule is CCCC(F)COCC(F)CCC. The molecule has 0 radical (unpaired) electrons. The second-order valence-corrected chi connectivity index (χ2v) is 3.31. The molecule has 0 saturated heterocycles. The van der Waals surface area contributed by atoms with Gasteiger partial charge in [-0.2, -0.15) is 0 Å². The van der Waals surface area contributed by atoms with Crippen molar-refractivity contribution < 1.29 is 13.5 Å². The van der Waals surface area contributed by atoms with Crippen molar-refractivity contribution in [3.05, 3.63) is 0 Å². The van der Waals surface area contributed by atoms with Gasteiger partial charge in [-0.05, 0) is 12.8 Å². The zero-order chi connectivity index (χ0) is 10.1. The molecule has 0 saturated carbocycles. The summed E-state index contributed by atoms with van der Waals surface area (Å²) in [6, 6.07) is 0. The minimum atomic E-state index is -0.932. The Balaban J connectivity index is 3.23. The van der Waals surface area contributed by atoms with E-state index in [0.29, 0.717) is 12.8 Å². The lowest BCUT2D eigenvalue weighted by atomic mass is 10.2. The molecule has 80 valence electrons. The standard InChI is InChI=1S/C10H20F2O/c1-3-5-9(11)7-13-8-10(12)6-4-2/h9-10H,3-8H2,1-2H3. The van der Waals surface area contributed by atoms with Crippen molar-refractivity contribution in [1.82, 2.24) is 0 Å². The molecule has 0 spiro atoms. The van der Waals surface area contributed by atoms with Gasteiger partial charge in [0.05, 0.1) is 13.2 Å². The lowest BCUT2D eigenvalue weighted by Gasteiger charge is -2.10. The first-order chi connectivity index (χ1) is 6.20. The number of rotatable bonds is 8. The summed E-state index contributed by atoms with van der Waals surface area (Å²) in [6.07, 6.45) is 0.754. The highest BCUT2D eigenvalue weighted by Gasteiger charge is 2.08. The molecular weight excluding hydrogens is 174 g/mol. The van der Waals surface area contributed by atoms with Crippen LogP contribution < -0.4 is 0 Å². The summed E-state index contributed by atoms with van der Waals surface area (Å²) in [7, 11) is 0. The van der Waals surface area contributed by atoms with E-state index in [-0.39, 0.29) is 13.2 Å². The fourth-order valence-electron chi connectivity index (χ4n) is 1.12. The van der Waals surface area contributed by atoms with Gasteiger partial charge in [-0.15, -0.1) is 0 Å². The predicted molar refractivity (Wildman–Crippen MR) is 50.4 cm³/mol. The van der Waals surface area contributed by atoms with E-state index in [2.05, 4.69) is 0 Å². The maximum atomic E-state index is 12.8. The zero-order valence-electron chi connectivity index (χ0n) is 8.56. The highest BCUT2D eigenvalue weighted by Crippen LogP contribution is 2.05. The smallest absolute Gasteiger partial charge is 0.123 e. The van der Waals surface area contributed by atoms with E-state index in [1.54, 1.807) is 0 Å². The zero-order valence-corrected chi connectivity index (χ0v) is 8.56. The van der Waals surface area contributed by atoms with Crippen LogP contribution in [0.4, 0.5) is 8.78 Å². The van der Waals surface area contributed by atoms with Crippen LogP contribution in [0.5, 0.6) is 0 Å². The molecule has 1 nitrogen and oxygen atoms in total. The van der Waals surface area contributed by atoms with Gasteiger partial charge in [0.15, 0.2) is 0 Å². The van der Waals surface area contributed by atoms with Crippen molar-refractivity contribution >= 4 is 0 Å². The van der Waals surface area contributed by atoms with Gasteiger partial charge in [-0.1, -0.05) is 26.7 Å². The summed E-state index contributed by atoms with van der Waals surface area (Å²) in [4.78, 5) is 0. The van der Waals surface area contributed by atoms with Crippen molar-refractivity contribution in [3.63, 3.8) is 0 Å². The summed E-state index contributed by atoms with van der Waals surface area (Å²) < 4.78 is 30.5. The molecule has 0 aliphatic heterocycles. The minimum Gasteiger partial charge on any atom is -0.375 e. The Bertz CT molecular complexity index is 97.1. The van der Waals surface area contributed by atoms with Gasteiger partial charge < -0.3 is 4.74 Å². The molecule has 0 aromatic carbocycles. The number of alkyl halides is 2. The third-order valence-corrected chi connectivity index (χ3v) is 1.80. The van der Waals surface area contributed by atoms with Crippen molar-refractivity contribution in [2.45, 2.75) is 51.9 Å². The highest BCUT2D eigenvalue weighted by atomic mass is 19.1. The maximum Gasteiger partial charge on any atom is 0.123 e. The molecule has 0 aliphatic rings. The topological polar surface area (TPSA) is 9.23 Å². The van der Waals surface area contributed by atoms with Gasteiger partial charge in [0.1, 0.15) is 12.3 Å². The minimum absolute atomic E-state index is 0.0397. The first-order valence-electron chi connectivity index (χ1n) is 5.06. The van der Waals surface area contributed by atoms with Crippen molar-refractivity contribution in [3.8, 4) is 0 Å². The Kier molecular flexibility index (Phi) is 8.30. The monoisotopic (exact) mass is 194 g/mol. The van der Waals surface area contributed by atoms with Crippen LogP contribution in [0.1, 0.15) is 39.5 Å². The van der Waals surface area contributed by atoms with Gasteiger partial charge in [0, 0.05) is 0 Å². The Morgan fingerprint density at radius 1 is 0.923 bits per heavy atom. The lowest BCUT2D eigenvalue weighted by Crippen LogP contribution is -2.16. The number of halogens is 2. The van der Waals surface area contributed by atoms with Crippen LogP contribution in [0, 0.1) is 0 Å². The van der Waals surface area contributed by atoms with Gasteiger partial charge in [0.25, 0.3) is 0 Å². The molecule has 2 unspecified atom stereocenters. The molecule has 0 heterocycles. The van der Waals surface area contributed by atoms with Crippen LogP contribution in [0.2, 0.25) is 0 Å². The molecule has 0 N–H and O–H groups in total. The number of hydrogen-bond acceptors (Lipinski definition) is 1. The van der Waals surface area contributed by atoms with Crippen LogP contribution in [0.3, 0.4) is 0 Å². The Morgan fingerprint density at radius 3 is 1.62 bits per heavy atom. The first kappa shape index (κ1) is 12.8. The molecule has 0 bridgehead atoms. The number of ether oxygens (including phenoxy) is 1. The number of hydrogen-bond donors (Lipinski definition) is 0. The lowest BCUT2D eigenvalue weighted by molar-refractivity contribution is 0.0404. The molecule has 2 atom stereocenters. The van der Waals surface area contributed by atoms with E-state index in [0.717, 1.165) is 12.8 Å². The van der Waals surface area contributed by atoms with Crippen molar-refractivity contribution in [2.75, 3.05) is 13.2 Å². The summed E-state index contributed by atoms with van der Waals surface area (Å²) in [5.74, 6) is 0. The van der Waals surface area contributed by atoms with E-state index in [9.17, 15) is 8.78 Å². The fourth-order valence-corrected chi connectivity index (χ4v) is 1.12. The van der Waals surface area contributed by atoms with Gasteiger partial charge in [-0.25, -0.2) is 8.78 Å². The average Bonchev–Trinajstić information content (AvgIpc) is 2.05. The second-order valence-electron chi connectivity index (χ2n) is 3.31. The molecule has 0 aromatic rings. The fraction of sp³-hybridized carbons (Fsp3) is 1.00. The maximum absolute atomic E-state index is 12.8.